The summed E-state index contributed by atoms with van der Waals surface area (Å²) in [5.41, 5.74) is 2.01. The predicted octanol–water partition coefficient (Wildman–Crippen LogP) is 3.09. The molecule has 0 saturated carbocycles. The number of aromatic nitrogens is 2. The van der Waals surface area contributed by atoms with Crippen molar-refractivity contribution in [2.24, 2.45) is 0 Å². The van der Waals surface area contributed by atoms with Crippen LogP contribution in [0.1, 0.15) is 12.8 Å². The maximum Gasteiger partial charge on any atom is 0.171 e. The van der Waals surface area contributed by atoms with Crippen LogP contribution < -0.4 is 15.5 Å². The Balaban J connectivity index is 1.47. The van der Waals surface area contributed by atoms with Crippen molar-refractivity contribution in [3.8, 4) is 0 Å². The maximum atomic E-state index is 5.83. The van der Waals surface area contributed by atoms with Crippen LogP contribution in [0.4, 0.5) is 11.4 Å². The van der Waals surface area contributed by atoms with Gasteiger partial charge in [-0.25, -0.2) is 4.98 Å². The van der Waals surface area contributed by atoms with Crippen LogP contribution in [0, 0.1) is 0 Å². The van der Waals surface area contributed by atoms with Crippen LogP contribution in [0.2, 0.25) is 5.15 Å². The number of thiocarbonyl (C=S) groups is 1. The van der Waals surface area contributed by atoms with E-state index in [-0.39, 0.29) is 0 Å². The van der Waals surface area contributed by atoms with Crippen molar-refractivity contribution >= 4 is 40.3 Å². The summed E-state index contributed by atoms with van der Waals surface area (Å²) in [6.45, 7) is 1.94. The first-order chi connectivity index (χ1) is 11.2. The average Bonchev–Trinajstić information content (AvgIpc) is 2.57. The number of hydrogen-bond acceptors (Lipinski definition) is 4. The second kappa shape index (κ2) is 7.57. The summed E-state index contributed by atoms with van der Waals surface area (Å²) < 4.78 is 0. The van der Waals surface area contributed by atoms with E-state index in [2.05, 4.69) is 25.5 Å². The van der Waals surface area contributed by atoms with Crippen LogP contribution in [0.3, 0.4) is 0 Å². The molecule has 5 nitrogen and oxygen atoms in total. The quantitative estimate of drug-likeness (QED) is 0.657. The van der Waals surface area contributed by atoms with Gasteiger partial charge in [-0.1, -0.05) is 11.6 Å². The van der Waals surface area contributed by atoms with Crippen LogP contribution >= 0.6 is 23.8 Å². The Morgan fingerprint density at radius 3 is 2.70 bits per heavy atom. The molecule has 2 aromatic heterocycles. The first-order valence-electron chi connectivity index (χ1n) is 7.55. The van der Waals surface area contributed by atoms with Crippen LogP contribution in [0.25, 0.3) is 0 Å². The summed E-state index contributed by atoms with van der Waals surface area (Å²) in [4.78, 5) is 10.5. The molecule has 1 fully saturated rings. The average molecular weight is 348 g/mol. The van der Waals surface area contributed by atoms with Crippen molar-refractivity contribution in [2.45, 2.75) is 18.9 Å². The third kappa shape index (κ3) is 4.53. The summed E-state index contributed by atoms with van der Waals surface area (Å²) >= 11 is 11.2. The minimum absolute atomic E-state index is 0.378. The number of hydrogen-bond donors (Lipinski definition) is 2. The van der Waals surface area contributed by atoms with Gasteiger partial charge < -0.3 is 15.5 Å². The van der Waals surface area contributed by atoms with Crippen molar-refractivity contribution in [1.29, 1.82) is 0 Å². The number of halogens is 1. The fraction of sp³-hybridized carbons (Fsp3) is 0.312. The number of nitrogens with one attached hydrogen (secondary N) is 2. The van der Waals surface area contributed by atoms with E-state index in [1.807, 2.05) is 30.5 Å². The molecule has 0 amide bonds. The fourth-order valence-electron chi connectivity index (χ4n) is 2.63. The van der Waals surface area contributed by atoms with Crippen molar-refractivity contribution in [2.75, 3.05) is 23.3 Å². The monoisotopic (exact) mass is 347 g/mol. The van der Waals surface area contributed by atoms with E-state index in [0.717, 1.165) is 37.3 Å². The SMILES string of the molecule is S=C(Nc1cccnc1)NC1CCN(c2ccc(Cl)nc2)CC1. The Hall–Kier alpha value is -1.92. The van der Waals surface area contributed by atoms with E-state index in [0.29, 0.717) is 16.3 Å². The van der Waals surface area contributed by atoms with E-state index >= 15 is 0 Å². The molecular weight excluding hydrogens is 330 g/mol. The van der Waals surface area contributed by atoms with Gasteiger partial charge in [0, 0.05) is 25.3 Å². The van der Waals surface area contributed by atoms with Crippen LogP contribution in [0.15, 0.2) is 42.9 Å². The van der Waals surface area contributed by atoms with Crippen molar-refractivity contribution < 1.29 is 0 Å². The molecule has 23 heavy (non-hydrogen) atoms. The Labute approximate surface area is 146 Å². The molecule has 0 radical (unpaired) electrons. The molecule has 0 aromatic carbocycles. The first-order valence-corrected chi connectivity index (χ1v) is 8.33. The highest BCUT2D eigenvalue weighted by Crippen LogP contribution is 2.20. The zero-order valence-corrected chi connectivity index (χ0v) is 14.1. The zero-order valence-electron chi connectivity index (χ0n) is 12.6. The highest BCUT2D eigenvalue weighted by atomic mass is 35.5. The minimum atomic E-state index is 0.378. The molecule has 2 N–H and O–H groups in total. The van der Waals surface area contributed by atoms with Gasteiger partial charge in [-0.15, -0.1) is 0 Å². The first kappa shape index (κ1) is 16.0. The van der Waals surface area contributed by atoms with Crippen molar-refractivity contribution in [3.05, 3.63) is 48.0 Å². The molecule has 1 saturated heterocycles. The second-order valence-electron chi connectivity index (χ2n) is 5.44. The maximum absolute atomic E-state index is 5.83. The van der Waals surface area contributed by atoms with E-state index in [4.69, 9.17) is 23.8 Å². The molecule has 0 spiro atoms. The molecule has 1 aliphatic heterocycles. The highest BCUT2D eigenvalue weighted by Gasteiger charge is 2.20. The van der Waals surface area contributed by atoms with Crippen LogP contribution in [-0.4, -0.2) is 34.2 Å². The van der Waals surface area contributed by atoms with Gasteiger partial charge in [-0.2, -0.15) is 0 Å². The van der Waals surface area contributed by atoms with Gasteiger partial charge in [0.05, 0.1) is 23.8 Å². The van der Waals surface area contributed by atoms with Gasteiger partial charge in [0.15, 0.2) is 5.11 Å². The van der Waals surface area contributed by atoms with E-state index < -0.39 is 0 Å². The number of nitrogens with zero attached hydrogens (tertiary/aromatic N) is 3. The smallest absolute Gasteiger partial charge is 0.171 e. The summed E-state index contributed by atoms with van der Waals surface area (Å²) in [6, 6.07) is 8.04. The van der Waals surface area contributed by atoms with Crippen LogP contribution in [-0.2, 0) is 0 Å². The lowest BCUT2D eigenvalue weighted by atomic mass is 10.0. The molecule has 2 aromatic rings. The zero-order chi connectivity index (χ0) is 16.1. The van der Waals surface area contributed by atoms with Gasteiger partial charge in [0.1, 0.15) is 5.15 Å². The lowest BCUT2D eigenvalue weighted by Gasteiger charge is -2.34. The number of rotatable bonds is 3. The molecule has 0 unspecified atom stereocenters. The molecular formula is C16H18ClN5S. The lowest BCUT2D eigenvalue weighted by molar-refractivity contribution is 0.468. The van der Waals surface area contributed by atoms with E-state index in [9.17, 15) is 0 Å². The fourth-order valence-corrected chi connectivity index (χ4v) is 3.02. The Kier molecular flexibility index (Phi) is 5.25. The van der Waals surface area contributed by atoms with E-state index in [1.165, 1.54) is 0 Å². The Morgan fingerprint density at radius 1 is 1.22 bits per heavy atom. The molecule has 0 aliphatic carbocycles. The molecule has 120 valence electrons. The summed E-state index contributed by atoms with van der Waals surface area (Å²) in [7, 11) is 0. The third-order valence-corrected chi connectivity index (χ3v) is 4.27. The third-order valence-electron chi connectivity index (χ3n) is 3.83. The molecule has 1 aliphatic rings. The molecule has 7 heteroatoms. The highest BCUT2D eigenvalue weighted by molar-refractivity contribution is 7.80. The van der Waals surface area contributed by atoms with Crippen molar-refractivity contribution in [1.82, 2.24) is 15.3 Å². The van der Waals surface area contributed by atoms with Gasteiger partial charge in [-0.3, -0.25) is 4.98 Å². The largest absolute Gasteiger partial charge is 0.370 e. The number of piperidine rings is 1. The van der Waals surface area contributed by atoms with Gasteiger partial charge in [0.25, 0.3) is 0 Å². The minimum Gasteiger partial charge on any atom is -0.370 e. The van der Waals surface area contributed by atoms with Crippen molar-refractivity contribution in [3.63, 3.8) is 0 Å². The second-order valence-corrected chi connectivity index (χ2v) is 6.24. The number of anilines is 2. The number of pyridine rings is 2. The molecule has 3 rings (SSSR count). The summed E-state index contributed by atoms with van der Waals surface area (Å²) in [5.74, 6) is 0. The summed E-state index contributed by atoms with van der Waals surface area (Å²) in [6.07, 6.45) is 7.37. The predicted molar refractivity (Wildman–Crippen MR) is 98.1 cm³/mol. The Bertz CT molecular complexity index is 641. The van der Waals surface area contributed by atoms with Gasteiger partial charge >= 0.3 is 0 Å². The normalized spacial score (nSPS) is 15.3. The molecule has 0 bridgehead atoms. The summed E-state index contributed by atoms with van der Waals surface area (Å²) in [5, 5.41) is 7.70. The molecule has 3 heterocycles. The van der Waals surface area contributed by atoms with Crippen LogP contribution in [0.5, 0.6) is 0 Å². The lowest BCUT2D eigenvalue weighted by Crippen LogP contribution is -2.46. The Morgan fingerprint density at radius 2 is 2.04 bits per heavy atom. The van der Waals surface area contributed by atoms with Gasteiger partial charge in [0.2, 0.25) is 0 Å². The molecule has 0 atom stereocenters. The standard InChI is InChI=1S/C16H18ClN5S/c17-15-4-3-14(11-19-15)22-8-5-12(6-9-22)20-16(23)21-13-2-1-7-18-10-13/h1-4,7,10-12H,5-6,8-9H2,(H2,20,21,23). The topological polar surface area (TPSA) is 53.1 Å². The van der Waals surface area contributed by atoms with E-state index in [1.54, 1.807) is 12.4 Å². The van der Waals surface area contributed by atoms with Gasteiger partial charge in [-0.05, 0) is 49.3 Å².